The Kier molecular flexibility index (Phi) is 4.14. The number of carbonyl (C=O) groups excluding carboxylic acids is 1. The minimum atomic E-state index is -0.712. The Morgan fingerprint density at radius 2 is 1.92 bits per heavy atom. The molecule has 0 aliphatic heterocycles. The maximum Gasteiger partial charge on any atom is 0.232 e. The number of aromatic nitrogens is 3. The summed E-state index contributed by atoms with van der Waals surface area (Å²) in [6.07, 6.45) is 2.17. The number of nitrogens with one attached hydrogen (secondary N) is 2. The van der Waals surface area contributed by atoms with E-state index in [1.165, 1.54) is 0 Å². The van der Waals surface area contributed by atoms with Crippen LogP contribution >= 0.6 is 0 Å². The SMILES string of the molecule is CC(C)(C)c1nc(C(C)(C)NC(=O)Cc2c[nH]c3ccccc23)no1. The summed E-state index contributed by atoms with van der Waals surface area (Å²) in [4.78, 5) is 20.2. The van der Waals surface area contributed by atoms with Gasteiger partial charge in [-0.05, 0) is 25.5 Å². The van der Waals surface area contributed by atoms with Crippen LogP contribution in [0.2, 0.25) is 0 Å². The van der Waals surface area contributed by atoms with E-state index < -0.39 is 5.54 Å². The molecule has 0 saturated carbocycles. The maximum atomic E-state index is 12.5. The van der Waals surface area contributed by atoms with E-state index in [1.54, 1.807) is 0 Å². The lowest BCUT2D eigenvalue weighted by atomic mass is 9.97. The first-order valence-corrected chi connectivity index (χ1v) is 8.37. The number of hydrogen-bond donors (Lipinski definition) is 2. The molecule has 0 atom stereocenters. The Labute approximate surface area is 147 Å². The second-order valence-corrected chi connectivity index (χ2v) is 7.88. The molecule has 3 aromatic rings. The molecule has 132 valence electrons. The van der Waals surface area contributed by atoms with Crippen LogP contribution in [0.3, 0.4) is 0 Å². The van der Waals surface area contributed by atoms with Gasteiger partial charge in [-0.25, -0.2) is 0 Å². The van der Waals surface area contributed by atoms with Gasteiger partial charge in [0.15, 0.2) is 5.82 Å². The zero-order valence-electron chi connectivity index (χ0n) is 15.3. The molecule has 2 aromatic heterocycles. The van der Waals surface area contributed by atoms with Crippen LogP contribution in [-0.2, 0) is 22.2 Å². The van der Waals surface area contributed by atoms with Crippen molar-refractivity contribution in [1.29, 1.82) is 0 Å². The van der Waals surface area contributed by atoms with Gasteiger partial charge in [0.25, 0.3) is 0 Å². The molecule has 0 saturated heterocycles. The molecule has 6 nitrogen and oxygen atoms in total. The van der Waals surface area contributed by atoms with Crippen LogP contribution in [0.25, 0.3) is 10.9 Å². The lowest BCUT2D eigenvalue weighted by molar-refractivity contribution is -0.122. The highest BCUT2D eigenvalue weighted by Gasteiger charge is 2.31. The van der Waals surface area contributed by atoms with Gasteiger partial charge in [-0.3, -0.25) is 4.79 Å². The highest BCUT2D eigenvalue weighted by Crippen LogP contribution is 2.24. The monoisotopic (exact) mass is 340 g/mol. The molecule has 1 amide bonds. The Bertz CT molecular complexity index is 899. The van der Waals surface area contributed by atoms with Crippen LogP contribution in [0.15, 0.2) is 35.0 Å². The number of aromatic amines is 1. The van der Waals surface area contributed by atoms with Crippen LogP contribution < -0.4 is 5.32 Å². The molecule has 0 fully saturated rings. The predicted molar refractivity (Wildman–Crippen MR) is 96.2 cm³/mol. The van der Waals surface area contributed by atoms with Crippen LogP contribution in [0.5, 0.6) is 0 Å². The highest BCUT2D eigenvalue weighted by atomic mass is 16.5. The predicted octanol–water partition coefficient (Wildman–Crippen LogP) is 3.44. The van der Waals surface area contributed by atoms with Crippen molar-refractivity contribution in [2.75, 3.05) is 0 Å². The summed E-state index contributed by atoms with van der Waals surface area (Å²) < 4.78 is 5.34. The zero-order valence-corrected chi connectivity index (χ0v) is 15.3. The summed E-state index contributed by atoms with van der Waals surface area (Å²) in [5.74, 6) is 0.947. The Hall–Kier alpha value is -2.63. The van der Waals surface area contributed by atoms with Crippen LogP contribution in [-0.4, -0.2) is 21.0 Å². The van der Waals surface area contributed by atoms with E-state index in [1.807, 2.05) is 65.1 Å². The van der Waals surface area contributed by atoms with Crippen molar-refractivity contribution in [1.82, 2.24) is 20.4 Å². The third kappa shape index (κ3) is 3.57. The van der Waals surface area contributed by atoms with E-state index >= 15 is 0 Å². The Balaban J connectivity index is 1.74. The van der Waals surface area contributed by atoms with E-state index in [2.05, 4.69) is 20.4 Å². The number of para-hydroxylation sites is 1. The largest absolute Gasteiger partial charge is 0.361 e. The van der Waals surface area contributed by atoms with Gasteiger partial charge in [-0.1, -0.05) is 44.1 Å². The molecule has 25 heavy (non-hydrogen) atoms. The lowest BCUT2D eigenvalue weighted by Gasteiger charge is -2.22. The van der Waals surface area contributed by atoms with Crippen LogP contribution in [0.4, 0.5) is 0 Å². The molecule has 0 bridgehead atoms. The van der Waals surface area contributed by atoms with Gasteiger partial charge >= 0.3 is 0 Å². The minimum absolute atomic E-state index is 0.0862. The summed E-state index contributed by atoms with van der Waals surface area (Å²) in [7, 11) is 0. The fourth-order valence-corrected chi connectivity index (χ4v) is 2.68. The molecule has 1 aromatic carbocycles. The molecule has 0 spiro atoms. The number of hydrogen-bond acceptors (Lipinski definition) is 4. The Morgan fingerprint density at radius 3 is 2.60 bits per heavy atom. The number of nitrogens with zero attached hydrogens (tertiary/aromatic N) is 2. The first kappa shape index (κ1) is 17.2. The number of amides is 1. The number of carbonyl (C=O) groups is 1. The molecule has 2 N–H and O–H groups in total. The quantitative estimate of drug-likeness (QED) is 0.762. The third-order valence-electron chi connectivity index (χ3n) is 4.10. The first-order chi connectivity index (χ1) is 11.7. The standard InChI is InChI=1S/C19H24N4O2/c1-18(2,3)17-21-16(23-25-17)19(4,5)22-15(24)10-12-11-20-14-9-7-6-8-13(12)14/h6-9,11,20H,10H2,1-5H3,(H,22,24). The molecule has 0 unspecified atom stereocenters. The zero-order chi connectivity index (χ0) is 18.2. The summed E-state index contributed by atoms with van der Waals surface area (Å²) in [6, 6.07) is 7.94. The van der Waals surface area contributed by atoms with Crippen LogP contribution in [0, 0.1) is 0 Å². The van der Waals surface area contributed by atoms with Crippen molar-refractivity contribution in [2.24, 2.45) is 0 Å². The first-order valence-electron chi connectivity index (χ1n) is 8.37. The topological polar surface area (TPSA) is 83.8 Å². The second-order valence-electron chi connectivity index (χ2n) is 7.88. The minimum Gasteiger partial charge on any atom is -0.361 e. The maximum absolute atomic E-state index is 12.5. The van der Waals surface area contributed by atoms with E-state index in [9.17, 15) is 4.79 Å². The van der Waals surface area contributed by atoms with E-state index in [-0.39, 0.29) is 17.7 Å². The van der Waals surface area contributed by atoms with Crippen molar-refractivity contribution in [3.63, 3.8) is 0 Å². The molecule has 0 aliphatic rings. The molecule has 0 radical (unpaired) electrons. The van der Waals surface area contributed by atoms with Gasteiger partial charge in [0.2, 0.25) is 11.8 Å². The molecule has 0 aliphatic carbocycles. The summed E-state index contributed by atoms with van der Waals surface area (Å²) in [5.41, 5.74) is 1.05. The van der Waals surface area contributed by atoms with Gasteiger partial charge in [0.1, 0.15) is 0 Å². The molecule has 2 heterocycles. The van der Waals surface area contributed by atoms with E-state index in [4.69, 9.17) is 4.52 Å². The van der Waals surface area contributed by atoms with Gasteiger partial charge in [-0.15, -0.1) is 0 Å². The third-order valence-corrected chi connectivity index (χ3v) is 4.10. The average Bonchev–Trinajstić information content (AvgIpc) is 3.14. The lowest BCUT2D eigenvalue weighted by Crippen LogP contribution is -2.42. The van der Waals surface area contributed by atoms with Gasteiger partial charge in [-0.2, -0.15) is 4.98 Å². The van der Waals surface area contributed by atoms with Gasteiger partial charge in [0, 0.05) is 22.5 Å². The van der Waals surface area contributed by atoms with Crippen molar-refractivity contribution in [3.8, 4) is 0 Å². The fourth-order valence-electron chi connectivity index (χ4n) is 2.68. The van der Waals surface area contributed by atoms with Gasteiger partial charge < -0.3 is 14.8 Å². The second kappa shape index (κ2) is 6.02. The molecular formula is C19H24N4O2. The summed E-state index contributed by atoms with van der Waals surface area (Å²) in [5, 5.41) is 8.11. The fraction of sp³-hybridized carbons (Fsp3) is 0.421. The van der Waals surface area contributed by atoms with Crippen molar-refractivity contribution < 1.29 is 9.32 Å². The molecular weight excluding hydrogens is 316 g/mol. The molecule has 6 heteroatoms. The van der Waals surface area contributed by atoms with Crippen molar-refractivity contribution >= 4 is 16.8 Å². The summed E-state index contributed by atoms with van der Waals surface area (Å²) >= 11 is 0. The number of rotatable bonds is 4. The Morgan fingerprint density at radius 1 is 1.20 bits per heavy atom. The van der Waals surface area contributed by atoms with E-state index in [0.717, 1.165) is 16.5 Å². The summed E-state index contributed by atoms with van der Waals surface area (Å²) in [6.45, 7) is 9.77. The smallest absolute Gasteiger partial charge is 0.232 e. The molecule has 3 rings (SSSR count). The number of H-pyrrole nitrogens is 1. The average molecular weight is 340 g/mol. The van der Waals surface area contributed by atoms with E-state index in [0.29, 0.717) is 11.7 Å². The number of fused-ring (bicyclic) bond motifs is 1. The number of benzene rings is 1. The highest BCUT2D eigenvalue weighted by molar-refractivity contribution is 5.89. The van der Waals surface area contributed by atoms with Crippen LogP contribution in [0.1, 0.15) is 51.9 Å². The normalized spacial score (nSPS) is 12.5. The van der Waals surface area contributed by atoms with Crippen molar-refractivity contribution in [3.05, 3.63) is 47.7 Å². The van der Waals surface area contributed by atoms with Gasteiger partial charge in [0.05, 0.1) is 12.0 Å². The van der Waals surface area contributed by atoms with Crippen molar-refractivity contribution in [2.45, 2.75) is 52.0 Å².